The van der Waals surface area contributed by atoms with Gasteiger partial charge in [-0.1, -0.05) is 88.7 Å². The first-order valence-corrected chi connectivity index (χ1v) is 16.4. The molecule has 238 valence electrons. The number of unbranched alkanes of at least 4 members (excludes halogenated alkanes) is 14. The molecule has 0 fully saturated rings. The molecular formula is C35H62O6. The highest BCUT2D eigenvalue weighted by atomic mass is 16.5. The van der Waals surface area contributed by atoms with E-state index in [1.54, 1.807) is 7.11 Å². The molecule has 0 amide bonds. The topological polar surface area (TPSA) is 88.4 Å². The van der Waals surface area contributed by atoms with Gasteiger partial charge in [0.15, 0.2) is 0 Å². The Labute approximate surface area is 251 Å². The van der Waals surface area contributed by atoms with Crippen LogP contribution in [0.25, 0.3) is 0 Å². The van der Waals surface area contributed by atoms with E-state index in [0.717, 1.165) is 62.7 Å². The average Bonchev–Trinajstić information content (AvgIpc) is 2.96. The number of aliphatic hydroxyl groups excluding tert-OH is 3. The SMILES string of the molecule is COCCCCCCCCCCOc1c(C)c(CC=C(C)C)c(OCCCCCCCCCCO)c(CO)c1CO. The van der Waals surface area contributed by atoms with Crippen molar-refractivity contribution in [3.05, 3.63) is 33.9 Å². The minimum atomic E-state index is -0.193. The minimum Gasteiger partial charge on any atom is -0.493 e. The standard InChI is InChI=1S/C35H62O6/c1-29(2)21-22-31-30(3)34(40-25-19-15-12-8-7-10-14-18-24-39-4)32(27-37)33(28-38)35(31)41-26-20-16-11-6-5-9-13-17-23-36/h21,36-38H,5-20,22-28H2,1-4H3. The molecule has 0 radical (unpaired) electrons. The van der Waals surface area contributed by atoms with E-state index in [-0.39, 0.29) is 13.2 Å². The van der Waals surface area contributed by atoms with Crippen molar-refractivity contribution < 1.29 is 29.5 Å². The normalized spacial score (nSPS) is 11.2. The van der Waals surface area contributed by atoms with Gasteiger partial charge in [-0.2, -0.15) is 0 Å². The molecule has 6 heteroatoms. The van der Waals surface area contributed by atoms with Crippen LogP contribution in [0.5, 0.6) is 11.5 Å². The predicted octanol–water partition coefficient (Wildman–Crippen LogP) is 8.13. The molecular weight excluding hydrogens is 516 g/mol. The van der Waals surface area contributed by atoms with E-state index >= 15 is 0 Å². The number of hydrogen-bond donors (Lipinski definition) is 3. The Morgan fingerprint density at radius 1 is 0.561 bits per heavy atom. The summed E-state index contributed by atoms with van der Waals surface area (Å²) in [6, 6.07) is 0. The van der Waals surface area contributed by atoms with Gasteiger partial charge < -0.3 is 29.5 Å². The molecule has 1 rings (SSSR count). The summed E-state index contributed by atoms with van der Waals surface area (Å²) in [6.07, 6.45) is 21.3. The fraction of sp³-hybridized carbons (Fsp3) is 0.771. The third-order valence-corrected chi connectivity index (χ3v) is 7.80. The molecule has 6 nitrogen and oxygen atoms in total. The van der Waals surface area contributed by atoms with Crippen molar-refractivity contribution in [3.63, 3.8) is 0 Å². The summed E-state index contributed by atoms with van der Waals surface area (Å²) in [6.45, 7) is 8.21. The summed E-state index contributed by atoms with van der Waals surface area (Å²) < 4.78 is 17.8. The highest BCUT2D eigenvalue weighted by Gasteiger charge is 2.23. The second kappa shape index (κ2) is 24.9. The van der Waals surface area contributed by atoms with Crippen LogP contribution in [-0.4, -0.2) is 48.9 Å². The van der Waals surface area contributed by atoms with E-state index in [2.05, 4.69) is 26.8 Å². The summed E-state index contributed by atoms with van der Waals surface area (Å²) >= 11 is 0. The zero-order valence-electron chi connectivity index (χ0n) is 26.9. The first kappa shape index (κ1) is 37.4. The Kier molecular flexibility index (Phi) is 22.8. The molecule has 0 spiro atoms. The number of benzene rings is 1. The van der Waals surface area contributed by atoms with Gasteiger partial charge in [-0.25, -0.2) is 0 Å². The molecule has 0 unspecified atom stereocenters. The molecule has 0 bridgehead atoms. The first-order valence-electron chi connectivity index (χ1n) is 16.4. The number of methoxy groups -OCH3 is 1. The van der Waals surface area contributed by atoms with Crippen molar-refractivity contribution in [1.82, 2.24) is 0 Å². The number of allylic oxidation sites excluding steroid dienone is 2. The highest BCUT2D eigenvalue weighted by Crippen LogP contribution is 2.40. The maximum atomic E-state index is 10.4. The van der Waals surface area contributed by atoms with Gasteiger partial charge >= 0.3 is 0 Å². The molecule has 3 N–H and O–H groups in total. The lowest BCUT2D eigenvalue weighted by molar-refractivity contribution is 0.192. The summed E-state index contributed by atoms with van der Waals surface area (Å²) in [5, 5.41) is 29.6. The van der Waals surface area contributed by atoms with Crippen LogP contribution in [0.1, 0.15) is 139 Å². The van der Waals surface area contributed by atoms with E-state index < -0.39 is 0 Å². The summed E-state index contributed by atoms with van der Waals surface area (Å²) in [5.74, 6) is 1.42. The van der Waals surface area contributed by atoms with Crippen LogP contribution in [0, 0.1) is 6.92 Å². The Hall–Kier alpha value is -1.60. The van der Waals surface area contributed by atoms with Crippen molar-refractivity contribution in [2.24, 2.45) is 0 Å². The minimum absolute atomic E-state index is 0.190. The van der Waals surface area contributed by atoms with E-state index in [9.17, 15) is 10.2 Å². The quantitative estimate of drug-likeness (QED) is 0.0722. The van der Waals surface area contributed by atoms with Crippen LogP contribution in [0.2, 0.25) is 0 Å². The van der Waals surface area contributed by atoms with Crippen LogP contribution in [0.15, 0.2) is 11.6 Å². The molecule has 0 aliphatic carbocycles. The maximum Gasteiger partial charge on any atom is 0.129 e. The Balaban J connectivity index is 2.75. The number of aliphatic hydroxyl groups is 3. The third-order valence-electron chi connectivity index (χ3n) is 7.80. The van der Waals surface area contributed by atoms with Gasteiger partial charge in [0.25, 0.3) is 0 Å². The summed E-state index contributed by atoms with van der Waals surface area (Å²) in [4.78, 5) is 0. The smallest absolute Gasteiger partial charge is 0.129 e. The zero-order chi connectivity index (χ0) is 30.1. The van der Waals surface area contributed by atoms with Gasteiger partial charge in [-0.05, 0) is 58.4 Å². The summed E-state index contributed by atoms with van der Waals surface area (Å²) in [7, 11) is 1.76. The van der Waals surface area contributed by atoms with E-state index in [1.165, 1.54) is 63.4 Å². The van der Waals surface area contributed by atoms with E-state index in [1.807, 2.05) is 0 Å². The highest BCUT2D eigenvalue weighted by molar-refractivity contribution is 5.59. The summed E-state index contributed by atoms with van der Waals surface area (Å²) in [5.41, 5.74) is 4.58. The monoisotopic (exact) mass is 578 g/mol. The third kappa shape index (κ3) is 16.0. The lowest BCUT2D eigenvalue weighted by Crippen LogP contribution is -2.12. The molecule has 0 saturated carbocycles. The largest absolute Gasteiger partial charge is 0.493 e. The Bertz CT molecular complexity index is 816. The molecule has 41 heavy (non-hydrogen) atoms. The van der Waals surface area contributed by atoms with Crippen LogP contribution < -0.4 is 9.47 Å². The predicted molar refractivity (Wildman–Crippen MR) is 170 cm³/mol. The van der Waals surface area contributed by atoms with Gasteiger partial charge in [0, 0.05) is 37.0 Å². The van der Waals surface area contributed by atoms with Crippen molar-refractivity contribution >= 4 is 0 Å². The molecule has 0 aliphatic heterocycles. The van der Waals surface area contributed by atoms with Crippen molar-refractivity contribution in [3.8, 4) is 11.5 Å². The maximum absolute atomic E-state index is 10.4. The van der Waals surface area contributed by atoms with E-state index in [0.29, 0.717) is 48.9 Å². The van der Waals surface area contributed by atoms with Gasteiger partial charge in [0.05, 0.1) is 26.4 Å². The molecule has 0 heterocycles. The lowest BCUT2D eigenvalue weighted by Gasteiger charge is -2.24. The van der Waals surface area contributed by atoms with Crippen LogP contribution in [0.4, 0.5) is 0 Å². The molecule has 1 aromatic carbocycles. The number of ether oxygens (including phenoxy) is 3. The first-order chi connectivity index (χ1) is 20.0. The van der Waals surface area contributed by atoms with Gasteiger partial charge in [-0.3, -0.25) is 0 Å². The number of hydrogen-bond acceptors (Lipinski definition) is 6. The molecule has 0 aliphatic rings. The van der Waals surface area contributed by atoms with Crippen LogP contribution >= 0.6 is 0 Å². The second-order valence-corrected chi connectivity index (χ2v) is 11.6. The van der Waals surface area contributed by atoms with Crippen LogP contribution in [-0.2, 0) is 24.4 Å². The zero-order valence-corrected chi connectivity index (χ0v) is 26.9. The number of rotatable bonds is 27. The second-order valence-electron chi connectivity index (χ2n) is 11.6. The Morgan fingerprint density at radius 3 is 1.41 bits per heavy atom. The van der Waals surface area contributed by atoms with Gasteiger partial charge in [0.2, 0.25) is 0 Å². The molecule has 0 aromatic heterocycles. The van der Waals surface area contributed by atoms with Crippen molar-refractivity contribution in [2.75, 3.05) is 33.5 Å². The van der Waals surface area contributed by atoms with Crippen molar-refractivity contribution in [1.29, 1.82) is 0 Å². The van der Waals surface area contributed by atoms with Crippen molar-refractivity contribution in [2.45, 2.75) is 143 Å². The van der Waals surface area contributed by atoms with Crippen LogP contribution in [0.3, 0.4) is 0 Å². The fourth-order valence-electron chi connectivity index (χ4n) is 5.28. The van der Waals surface area contributed by atoms with Gasteiger partial charge in [0.1, 0.15) is 11.5 Å². The Morgan fingerprint density at radius 2 is 0.976 bits per heavy atom. The molecule has 1 aromatic rings. The van der Waals surface area contributed by atoms with Gasteiger partial charge in [-0.15, -0.1) is 0 Å². The lowest BCUT2D eigenvalue weighted by atomic mass is 9.93. The average molecular weight is 579 g/mol. The van der Waals surface area contributed by atoms with E-state index in [4.69, 9.17) is 19.3 Å². The molecule has 0 saturated heterocycles. The molecule has 0 atom stereocenters. The fourth-order valence-corrected chi connectivity index (χ4v) is 5.28.